The lowest BCUT2D eigenvalue weighted by Crippen LogP contribution is -2.75. The summed E-state index contributed by atoms with van der Waals surface area (Å²) < 4.78 is 0. The van der Waals surface area contributed by atoms with Crippen molar-refractivity contribution in [2.75, 3.05) is 0 Å². The molecule has 2 atom stereocenters. The first-order valence-corrected chi connectivity index (χ1v) is 6.99. The SMILES string of the molecule is CCCCC(C)(N)C(C)(N)C(C)(N)CCCC. The van der Waals surface area contributed by atoms with Gasteiger partial charge in [-0.25, -0.2) is 0 Å². The summed E-state index contributed by atoms with van der Waals surface area (Å²) in [4.78, 5) is 0. The van der Waals surface area contributed by atoms with Gasteiger partial charge in [0.2, 0.25) is 0 Å². The van der Waals surface area contributed by atoms with Crippen LogP contribution >= 0.6 is 0 Å². The Bertz CT molecular complexity index is 198. The van der Waals surface area contributed by atoms with E-state index in [0.717, 1.165) is 38.5 Å². The molecule has 0 aliphatic rings. The van der Waals surface area contributed by atoms with Gasteiger partial charge in [0.15, 0.2) is 0 Å². The molecule has 104 valence electrons. The van der Waals surface area contributed by atoms with Gasteiger partial charge in [-0.05, 0) is 33.6 Å². The highest BCUT2D eigenvalue weighted by molar-refractivity contribution is 5.13. The highest BCUT2D eigenvalue weighted by Crippen LogP contribution is 2.33. The van der Waals surface area contributed by atoms with E-state index in [1.165, 1.54) is 0 Å². The average Bonchev–Trinajstić information content (AvgIpc) is 2.23. The Kier molecular flexibility index (Phi) is 6.12. The molecule has 0 fully saturated rings. The maximum absolute atomic E-state index is 6.50. The van der Waals surface area contributed by atoms with E-state index in [2.05, 4.69) is 13.8 Å². The fourth-order valence-electron chi connectivity index (χ4n) is 2.26. The van der Waals surface area contributed by atoms with Crippen molar-refractivity contribution in [3.63, 3.8) is 0 Å². The molecule has 0 saturated carbocycles. The van der Waals surface area contributed by atoms with Crippen LogP contribution in [0.4, 0.5) is 0 Å². The Hall–Kier alpha value is -0.120. The van der Waals surface area contributed by atoms with E-state index in [1.807, 2.05) is 20.8 Å². The van der Waals surface area contributed by atoms with Gasteiger partial charge in [0, 0.05) is 16.6 Å². The van der Waals surface area contributed by atoms with Crippen LogP contribution in [-0.4, -0.2) is 16.6 Å². The van der Waals surface area contributed by atoms with Crippen molar-refractivity contribution in [1.29, 1.82) is 0 Å². The molecule has 17 heavy (non-hydrogen) atoms. The number of nitrogens with two attached hydrogens (primary N) is 3. The predicted molar refractivity (Wildman–Crippen MR) is 76.8 cm³/mol. The monoisotopic (exact) mass is 243 g/mol. The smallest absolute Gasteiger partial charge is 0.0485 e. The molecule has 0 rings (SSSR count). The van der Waals surface area contributed by atoms with E-state index in [0.29, 0.717) is 0 Å². The minimum absolute atomic E-state index is 0.416. The van der Waals surface area contributed by atoms with Crippen LogP contribution < -0.4 is 17.2 Å². The van der Waals surface area contributed by atoms with Crippen LogP contribution in [0, 0.1) is 0 Å². The fraction of sp³-hybridized carbons (Fsp3) is 1.00. The Morgan fingerprint density at radius 2 is 1.00 bits per heavy atom. The van der Waals surface area contributed by atoms with Crippen molar-refractivity contribution in [2.24, 2.45) is 17.2 Å². The minimum Gasteiger partial charge on any atom is -0.324 e. The standard InChI is InChI=1S/C14H33N3/c1-6-8-10-12(3,15)14(5,17)13(4,16)11-9-7-2/h6-11,15-17H2,1-5H3. The van der Waals surface area contributed by atoms with Crippen molar-refractivity contribution in [3.05, 3.63) is 0 Å². The molecule has 0 heterocycles. The first kappa shape index (κ1) is 16.9. The molecule has 3 heteroatoms. The molecular weight excluding hydrogens is 210 g/mol. The second-order valence-corrected chi connectivity index (χ2v) is 6.24. The number of unbranched alkanes of at least 4 members (excludes halogenated alkanes) is 2. The molecule has 0 bridgehead atoms. The van der Waals surface area contributed by atoms with Gasteiger partial charge in [0.25, 0.3) is 0 Å². The molecule has 2 unspecified atom stereocenters. The van der Waals surface area contributed by atoms with Gasteiger partial charge in [-0.3, -0.25) is 0 Å². The topological polar surface area (TPSA) is 78.1 Å². The Morgan fingerprint density at radius 3 is 1.24 bits per heavy atom. The normalized spacial score (nSPS) is 22.6. The summed E-state index contributed by atoms with van der Waals surface area (Å²) >= 11 is 0. The second-order valence-electron chi connectivity index (χ2n) is 6.24. The van der Waals surface area contributed by atoms with Crippen LogP contribution in [0.15, 0.2) is 0 Å². The first-order valence-electron chi connectivity index (χ1n) is 6.99. The number of rotatable bonds is 8. The zero-order valence-electron chi connectivity index (χ0n) is 12.5. The molecule has 0 aliphatic heterocycles. The molecule has 0 saturated heterocycles. The van der Waals surface area contributed by atoms with Crippen molar-refractivity contribution in [1.82, 2.24) is 0 Å². The lowest BCUT2D eigenvalue weighted by atomic mass is 9.65. The third-order valence-electron chi connectivity index (χ3n) is 4.47. The van der Waals surface area contributed by atoms with Crippen molar-refractivity contribution in [2.45, 2.75) is 89.8 Å². The third kappa shape index (κ3) is 3.94. The van der Waals surface area contributed by atoms with Crippen molar-refractivity contribution >= 4 is 0 Å². The van der Waals surface area contributed by atoms with Gasteiger partial charge in [0.1, 0.15) is 0 Å². The largest absolute Gasteiger partial charge is 0.324 e. The first-order chi connectivity index (χ1) is 7.62. The van der Waals surface area contributed by atoms with Crippen LogP contribution in [0.3, 0.4) is 0 Å². The van der Waals surface area contributed by atoms with Gasteiger partial charge in [0.05, 0.1) is 0 Å². The minimum atomic E-state index is -0.551. The summed E-state index contributed by atoms with van der Waals surface area (Å²) in [7, 11) is 0. The molecule has 0 aromatic carbocycles. The summed E-state index contributed by atoms with van der Waals surface area (Å²) in [6.45, 7) is 10.4. The van der Waals surface area contributed by atoms with Gasteiger partial charge < -0.3 is 17.2 Å². The van der Waals surface area contributed by atoms with Crippen LogP contribution in [0.2, 0.25) is 0 Å². The Morgan fingerprint density at radius 1 is 0.706 bits per heavy atom. The molecule has 0 radical (unpaired) electrons. The van der Waals surface area contributed by atoms with Gasteiger partial charge in [-0.1, -0.05) is 39.5 Å². The van der Waals surface area contributed by atoms with E-state index in [-0.39, 0.29) is 0 Å². The molecule has 0 aromatic rings. The predicted octanol–water partition coefficient (Wildman–Crippen LogP) is 2.52. The molecule has 0 aliphatic carbocycles. The van der Waals surface area contributed by atoms with Crippen LogP contribution in [0.25, 0.3) is 0 Å². The van der Waals surface area contributed by atoms with Crippen molar-refractivity contribution < 1.29 is 0 Å². The van der Waals surface area contributed by atoms with E-state index >= 15 is 0 Å². The van der Waals surface area contributed by atoms with Gasteiger partial charge in [-0.15, -0.1) is 0 Å². The lowest BCUT2D eigenvalue weighted by Gasteiger charge is -2.51. The maximum Gasteiger partial charge on any atom is 0.0485 e. The zero-order valence-corrected chi connectivity index (χ0v) is 12.5. The quantitative estimate of drug-likeness (QED) is 0.613. The van der Waals surface area contributed by atoms with E-state index in [4.69, 9.17) is 17.2 Å². The average molecular weight is 243 g/mol. The molecule has 3 nitrogen and oxygen atoms in total. The maximum atomic E-state index is 6.50. The van der Waals surface area contributed by atoms with E-state index in [9.17, 15) is 0 Å². The van der Waals surface area contributed by atoms with Gasteiger partial charge in [-0.2, -0.15) is 0 Å². The summed E-state index contributed by atoms with van der Waals surface area (Å²) in [5.74, 6) is 0. The highest BCUT2D eigenvalue weighted by Gasteiger charge is 2.48. The number of hydrogen-bond acceptors (Lipinski definition) is 3. The van der Waals surface area contributed by atoms with Crippen LogP contribution in [-0.2, 0) is 0 Å². The molecule has 0 spiro atoms. The van der Waals surface area contributed by atoms with E-state index < -0.39 is 16.6 Å². The number of hydrogen-bond donors (Lipinski definition) is 3. The summed E-state index contributed by atoms with van der Waals surface area (Å²) in [5, 5.41) is 0. The highest BCUT2D eigenvalue weighted by atomic mass is 15.0. The summed E-state index contributed by atoms with van der Waals surface area (Å²) in [6.07, 6.45) is 6.33. The third-order valence-corrected chi connectivity index (χ3v) is 4.47. The Balaban J connectivity index is 4.82. The fourth-order valence-corrected chi connectivity index (χ4v) is 2.26. The molecule has 0 aromatic heterocycles. The van der Waals surface area contributed by atoms with Gasteiger partial charge >= 0.3 is 0 Å². The summed E-state index contributed by atoms with van der Waals surface area (Å²) in [6, 6.07) is 0. The van der Waals surface area contributed by atoms with E-state index in [1.54, 1.807) is 0 Å². The molecular formula is C14H33N3. The Labute approximate surface area is 108 Å². The second kappa shape index (κ2) is 6.17. The van der Waals surface area contributed by atoms with Crippen LogP contribution in [0.5, 0.6) is 0 Å². The lowest BCUT2D eigenvalue weighted by molar-refractivity contribution is 0.130. The van der Waals surface area contributed by atoms with Crippen molar-refractivity contribution in [3.8, 4) is 0 Å². The molecule has 0 amide bonds. The molecule has 6 N–H and O–H groups in total. The van der Waals surface area contributed by atoms with Crippen LogP contribution in [0.1, 0.15) is 73.1 Å². The summed E-state index contributed by atoms with van der Waals surface area (Å²) in [5.41, 5.74) is 18.0. The zero-order chi connectivity index (χ0) is 13.7.